The molecule has 1 aliphatic rings. The minimum absolute atomic E-state index is 0.136. The molecule has 0 saturated carbocycles. The number of piperazine rings is 1. The lowest BCUT2D eigenvalue weighted by molar-refractivity contribution is 0.132. The number of rotatable bonds is 6. The molecule has 0 amide bonds. The van der Waals surface area contributed by atoms with E-state index < -0.39 is 0 Å². The second-order valence-electron chi connectivity index (χ2n) is 10.5. The molecule has 37 heavy (non-hydrogen) atoms. The van der Waals surface area contributed by atoms with Crippen molar-refractivity contribution in [1.82, 2.24) is 39.3 Å². The maximum absolute atomic E-state index is 6.53. The van der Waals surface area contributed by atoms with Gasteiger partial charge in [-0.15, -0.1) is 0 Å². The predicted molar refractivity (Wildman–Crippen MR) is 148 cm³/mol. The molecule has 1 saturated heterocycles. The molecule has 5 rings (SSSR count). The normalized spacial score (nSPS) is 15.4. The number of hydrogen-bond acceptors (Lipinski definition) is 8. The predicted octanol–water partition coefficient (Wildman–Crippen LogP) is 4.88. The molecule has 0 bridgehead atoms. The largest absolute Gasteiger partial charge is 0.321 e. The number of fused-ring (bicyclic) bond motifs is 1. The van der Waals surface area contributed by atoms with Crippen LogP contribution in [0.15, 0.2) is 36.8 Å². The summed E-state index contributed by atoms with van der Waals surface area (Å²) in [6.45, 7) is 17.1. The quantitative estimate of drug-likeness (QED) is 0.385. The van der Waals surface area contributed by atoms with E-state index in [1.54, 1.807) is 12.4 Å². The number of imidazole rings is 1. The highest BCUT2D eigenvalue weighted by Gasteiger charge is 2.21. The van der Waals surface area contributed by atoms with E-state index in [9.17, 15) is 0 Å². The van der Waals surface area contributed by atoms with Crippen molar-refractivity contribution in [2.45, 2.75) is 46.7 Å². The van der Waals surface area contributed by atoms with Crippen LogP contribution in [0.4, 0.5) is 11.8 Å². The van der Waals surface area contributed by atoms with Gasteiger partial charge in [-0.25, -0.2) is 24.9 Å². The molecule has 10 heteroatoms. The molecule has 4 aromatic heterocycles. The van der Waals surface area contributed by atoms with Gasteiger partial charge in [0.15, 0.2) is 5.65 Å². The number of aryl methyl sites for hydroxylation is 1. The lowest BCUT2D eigenvalue weighted by atomic mass is 10.1. The van der Waals surface area contributed by atoms with Gasteiger partial charge in [-0.2, -0.15) is 0 Å². The van der Waals surface area contributed by atoms with Crippen LogP contribution >= 0.6 is 11.6 Å². The molecule has 194 valence electrons. The number of hydrogen-bond donors (Lipinski definition) is 1. The van der Waals surface area contributed by atoms with E-state index in [4.69, 9.17) is 16.6 Å². The number of anilines is 2. The molecule has 1 N–H and O–H groups in total. The van der Waals surface area contributed by atoms with Crippen LogP contribution in [0.25, 0.3) is 22.4 Å². The number of nitrogens with one attached hydrogen (secondary N) is 1. The van der Waals surface area contributed by atoms with Crippen LogP contribution in [0.5, 0.6) is 0 Å². The summed E-state index contributed by atoms with van der Waals surface area (Å²) in [7, 11) is 0. The first-order valence-electron chi connectivity index (χ1n) is 12.8. The molecule has 5 heterocycles. The van der Waals surface area contributed by atoms with Crippen molar-refractivity contribution >= 4 is 34.5 Å². The molecule has 0 spiro atoms. The standard InChI is InChI=1S/C27H34ClN9/c1-6-35-9-11-36(12-10-35)17-19-7-8-23(29-14-19)33-26-31-16-21(28)24(34-26)20-13-22-25(30-15-20)32-18(2)37(22)27(3,4)5/h7-8,13-16H,6,9-12,17H2,1-5H3,(H,29,31,33,34). The SMILES string of the molecule is CCN1CCN(Cc2ccc(Nc3ncc(Cl)c(-c4cnc5nc(C)n(C(C)(C)C)c5c4)n3)nc2)CC1. The molecule has 4 aromatic rings. The lowest BCUT2D eigenvalue weighted by Gasteiger charge is -2.33. The Kier molecular flexibility index (Phi) is 7.11. The zero-order chi connectivity index (χ0) is 26.2. The maximum atomic E-state index is 6.53. The molecular weight excluding hydrogens is 486 g/mol. The third kappa shape index (κ3) is 5.58. The molecule has 0 radical (unpaired) electrons. The minimum atomic E-state index is -0.136. The molecule has 0 aromatic carbocycles. The average Bonchev–Trinajstić information content (AvgIpc) is 3.22. The van der Waals surface area contributed by atoms with E-state index in [1.807, 2.05) is 25.3 Å². The Morgan fingerprint density at radius 3 is 2.38 bits per heavy atom. The van der Waals surface area contributed by atoms with E-state index in [0.29, 0.717) is 28.1 Å². The maximum Gasteiger partial charge on any atom is 0.228 e. The Balaban J connectivity index is 1.33. The number of halogens is 1. The van der Waals surface area contributed by atoms with Gasteiger partial charge in [0.05, 0.1) is 22.4 Å². The van der Waals surface area contributed by atoms with Crippen molar-refractivity contribution in [3.8, 4) is 11.3 Å². The summed E-state index contributed by atoms with van der Waals surface area (Å²) in [4.78, 5) is 27.8. The first kappa shape index (κ1) is 25.5. The Labute approximate surface area is 222 Å². The second-order valence-corrected chi connectivity index (χ2v) is 10.9. The van der Waals surface area contributed by atoms with E-state index in [1.165, 1.54) is 5.56 Å². The van der Waals surface area contributed by atoms with Gasteiger partial charge in [0.25, 0.3) is 0 Å². The Hall–Kier alpha value is -3.14. The summed E-state index contributed by atoms with van der Waals surface area (Å²) >= 11 is 6.53. The van der Waals surface area contributed by atoms with Gasteiger partial charge in [-0.05, 0) is 51.9 Å². The number of pyridine rings is 2. The van der Waals surface area contributed by atoms with Gasteiger partial charge in [0.1, 0.15) is 11.6 Å². The van der Waals surface area contributed by atoms with Crippen LogP contribution in [0.3, 0.4) is 0 Å². The topological polar surface area (TPSA) is 87.9 Å². The first-order chi connectivity index (χ1) is 17.7. The van der Waals surface area contributed by atoms with Crippen LogP contribution in [0, 0.1) is 6.92 Å². The summed E-state index contributed by atoms with van der Waals surface area (Å²) in [5.41, 5.74) is 4.12. The monoisotopic (exact) mass is 519 g/mol. The summed E-state index contributed by atoms with van der Waals surface area (Å²) in [5, 5.41) is 3.67. The third-order valence-electron chi connectivity index (χ3n) is 6.75. The smallest absolute Gasteiger partial charge is 0.228 e. The first-order valence-corrected chi connectivity index (χ1v) is 13.1. The van der Waals surface area contributed by atoms with E-state index in [2.05, 4.69) is 73.4 Å². The summed E-state index contributed by atoms with van der Waals surface area (Å²) in [6, 6.07) is 6.11. The highest BCUT2D eigenvalue weighted by atomic mass is 35.5. The molecule has 1 aliphatic heterocycles. The second kappa shape index (κ2) is 10.3. The molecule has 1 fully saturated rings. The highest BCUT2D eigenvalue weighted by molar-refractivity contribution is 6.33. The van der Waals surface area contributed by atoms with Gasteiger partial charge in [0, 0.05) is 56.2 Å². The fourth-order valence-corrected chi connectivity index (χ4v) is 5.11. The van der Waals surface area contributed by atoms with Gasteiger partial charge < -0.3 is 14.8 Å². The summed E-state index contributed by atoms with van der Waals surface area (Å²) in [5.74, 6) is 2.03. The number of aromatic nitrogens is 6. The average molecular weight is 520 g/mol. The third-order valence-corrected chi connectivity index (χ3v) is 7.03. The number of nitrogens with zero attached hydrogens (tertiary/aromatic N) is 8. The van der Waals surface area contributed by atoms with Crippen molar-refractivity contribution in [2.24, 2.45) is 0 Å². The lowest BCUT2D eigenvalue weighted by Crippen LogP contribution is -2.45. The molecule has 0 atom stereocenters. The van der Waals surface area contributed by atoms with Gasteiger partial charge in [-0.1, -0.05) is 24.6 Å². The fraction of sp³-hybridized carbons (Fsp3) is 0.444. The summed E-state index contributed by atoms with van der Waals surface area (Å²) < 4.78 is 2.18. The van der Waals surface area contributed by atoms with Gasteiger partial charge in [-0.3, -0.25) is 4.90 Å². The Morgan fingerprint density at radius 1 is 0.946 bits per heavy atom. The van der Waals surface area contributed by atoms with Crippen LogP contribution in [-0.4, -0.2) is 72.0 Å². The van der Waals surface area contributed by atoms with Gasteiger partial charge >= 0.3 is 0 Å². The van der Waals surface area contributed by atoms with Crippen molar-refractivity contribution in [3.05, 3.63) is 53.2 Å². The molecule has 9 nitrogen and oxygen atoms in total. The van der Waals surface area contributed by atoms with E-state index in [0.717, 1.165) is 56.2 Å². The zero-order valence-electron chi connectivity index (χ0n) is 22.2. The Morgan fingerprint density at radius 2 is 1.70 bits per heavy atom. The van der Waals surface area contributed by atoms with Crippen molar-refractivity contribution in [3.63, 3.8) is 0 Å². The van der Waals surface area contributed by atoms with Crippen LogP contribution in [0.2, 0.25) is 5.02 Å². The Bertz CT molecular complexity index is 1380. The van der Waals surface area contributed by atoms with E-state index >= 15 is 0 Å². The van der Waals surface area contributed by atoms with Crippen LogP contribution < -0.4 is 5.32 Å². The molecular formula is C27H34ClN9. The van der Waals surface area contributed by atoms with Crippen molar-refractivity contribution in [2.75, 3.05) is 38.0 Å². The van der Waals surface area contributed by atoms with Crippen molar-refractivity contribution in [1.29, 1.82) is 0 Å². The van der Waals surface area contributed by atoms with Gasteiger partial charge in [0.2, 0.25) is 5.95 Å². The van der Waals surface area contributed by atoms with Crippen LogP contribution in [-0.2, 0) is 12.1 Å². The zero-order valence-corrected chi connectivity index (χ0v) is 22.9. The highest BCUT2D eigenvalue weighted by Crippen LogP contribution is 2.31. The summed E-state index contributed by atoms with van der Waals surface area (Å²) in [6.07, 6.45) is 5.28. The molecule has 0 aliphatic carbocycles. The van der Waals surface area contributed by atoms with E-state index in [-0.39, 0.29) is 5.54 Å². The molecule has 0 unspecified atom stereocenters. The minimum Gasteiger partial charge on any atom is -0.321 e. The van der Waals surface area contributed by atoms with Crippen molar-refractivity contribution < 1.29 is 0 Å². The fourth-order valence-electron chi connectivity index (χ4n) is 4.91. The number of likely N-dealkylation sites (N-methyl/N-ethyl adjacent to an activating group) is 1. The van der Waals surface area contributed by atoms with Crippen LogP contribution in [0.1, 0.15) is 39.1 Å².